The van der Waals surface area contributed by atoms with Crippen molar-refractivity contribution < 1.29 is 11.4 Å². The molecule has 0 heterocycles. The lowest BCUT2D eigenvalue weighted by Gasteiger charge is -2.09. The Bertz CT molecular complexity index is 71.1. The molecule has 0 atom stereocenters. The van der Waals surface area contributed by atoms with E-state index < -0.39 is 15.9 Å². The van der Waals surface area contributed by atoms with Crippen molar-refractivity contribution in [3.05, 3.63) is 0 Å². The summed E-state index contributed by atoms with van der Waals surface area (Å²) in [7, 11) is 1.69. The van der Waals surface area contributed by atoms with Gasteiger partial charge in [0, 0.05) is 19.3 Å². The Morgan fingerprint density at radius 2 is 1.25 bits per heavy atom. The molecule has 0 aliphatic heterocycles. The number of rotatable bonds is 4. The van der Waals surface area contributed by atoms with E-state index in [9.17, 15) is 0 Å². The van der Waals surface area contributed by atoms with Crippen molar-refractivity contribution in [3.8, 4) is 0 Å². The van der Waals surface area contributed by atoms with Crippen LogP contribution in [0.25, 0.3) is 0 Å². The molecule has 0 fully saturated rings. The molecular weight excluding hydrogens is 186 g/mol. The van der Waals surface area contributed by atoms with E-state index in [1.54, 1.807) is 7.11 Å². The van der Waals surface area contributed by atoms with Crippen LogP contribution in [0.5, 0.6) is 0 Å². The molecule has 0 amide bonds. The van der Waals surface area contributed by atoms with Crippen molar-refractivity contribution in [2.75, 3.05) is 7.11 Å². The lowest BCUT2D eigenvalue weighted by molar-refractivity contribution is 0.152. The van der Waals surface area contributed by atoms with Crippen LogP contribution < -0.4 is 0 Å². The van der Waals surface area contributed by atoms with Gasteiger partial charge in [0.2, 0.25) is 0 Å². The quantitative estimate of drug-likeness (QED) is 0.618. The van der Waals surface area contributed by atoms with Gasteiger partial charge in [-0.05, 0) is 27.7 Å². The lowest BCUT2D eigenvalue weighted by atomic mass is 10.5. The second kappa shape index (κ2) is 11.9. The Kier molecular flexibility index (Phi) is 15.3. The van der Waals surface area contributed by atoms with E-state index in [2.05, 4.69) is 3.79 Å². The first kappa shape index (κ1) is 15.4. The van der Waals surface area contributed by atoms with Crippen molar-refractivity contribution in [1.29, 1.82) is 0 Å². The van der Waals surface area contributed by atoms with Crippen molar-refractivity contribution in [3.63, 3.8) is 0 Å². The fourth-order valence-corrected chi connectivity index (χ4v) is 0.934. The Morgan fingerprint density at radius 3 is 1.42 bits per heavy atom. The van der Waals surface area contributed by atoms with E-state index in [-0.39, 0.29) is 0 Å². The fourth-order valence-electron chi connectivity index (χ4n) is 0.311. The fraction of sp³-hybridized carbons (Fsp3) is 1.00. The van der Waals surface area contributed by atoms with E-state index in [1.165, 1.54) is 0 Å². The van der Waals surface area contributed by atoms with Crippen LogP contribution in [0.15, 0.2) is 0 Å². The summed E-state index contributed by atoms with van der Waals surface area (Å²) >= 11 is 0.185. The summed E-state index contributed by atoms with van der Waals surface area (Å²) in [6.45, 7) is 8.10. The highest BCUT2D eigenvalue weighted by Gasteiger charge is 2.01. The van der Waals surface area contributed by atoms with Gasteiger partial charge in [0.05, 0.1) is 0 Å². The summed E-state index contributed by atoms with van der Waals surface area (Å²) < 4.78 is 14.9. The van der Waals surface area contributed by atoms with E-state index in [0.717, 1.165) is 16.6 Å². The number of hydrogen-bond acceptors (Lipinski definition) is 3. The Balaban J connectivity index is 0. The topological polar surface area (TPSA) is 27.7 Å². The molecule has 3 nitrogen and oxygen atoms in total. The second-order valence-electron chi connectivity index (χ2n) is 2.96. The third-order valence-corrected chi connectivity index (χ3v) is 2.41. The average molecular weight is 206 g/mol. The van der Waals surface area contributed by atoms with Crippen LogP contribution in [-0.2, 0) is 11.4 Å². The third kappa shape index (κ3) is 22.4. The van der Waals surface area contributed by atoms with Gasteiger partial charge in [-0.3, -0.25) is 0 Å². The molecule has 0 aromatic heterocycles. The Morgan fingerprint density at radius 1 is 1.00 bits per heavy atom. The molecule has 0 aliphatic rings. The molecule has 0 N–H and O–H groups in total. The minimum Gasteiger partial charge on any atom is -0.508 e. The van der Waals surface area contributed by atoms with Crippen LogP contribution in [0.2, 0.25) is 0 Å². The van der Waals surface area contributed by atoms with Gasteiger partial charge in [-0.15, -0.1) is 0 Å². The normalized spacial score (nSPS) is 9.58. The van der Waals surface area contributed by atoms with Gasteiger partial charge in [-0.25, -0.2) is 0 Å². The van der Waals surface area contributed by atoms with Gasteiger partial charge in [0.15, 0.2) is 0 Å². The van der Waals surface area contributed by atoms with Crippen LogP contribution in [0, 0.1) is 0 Å². The predicted molar refractivity (Wildman–Crippen MR) is 55.1 cm³/mol. The molecule has 0 spiro atoms. The van der Waals surface area contributed by atoms with E-state index >= 15 is 0 Å². The summed E-state index contributed by atoms with van der Waals surface area (Å²) in [5.74, 6) is 0. The molecular formula is C7H20Al2O3. The van der Waals surface area contributed by atoms with Gasteiger partial charge in [0.25, 0.3) is 0 Å². The van der Waals surface area contributed by atoms with Gasteiger partial charge in [0.1, 0.15) is 0 Å². The molecule has 0 radical (unpaired) electrons. The van der Waals surface area contributed by atoms with Gasteiger partial charge >= 0.3 is 32.5 Å². The third-order valence-electron chi connectivity index (χ3n) is 0.803. The zero-order valence-corrected chi connectivity index (χ0v) is 12.5. The summed E-state index contributed by atoms with van der Waals surface area (Å²) in [6.07, 6.45) is 0.658. The standard InChI is InChI=1S/2C3H7O.CH3O.2Al.3H/c2*1-3(2)4;1-2;;;;;/h2*3H,1-2H3;1H3;;;;;/q3*-1;+1;+2;;;. The maximum atomic E-state index is 5.27. The highest BCUT2D eigenvalue weighted by atomic mass is 27.2. The van der Waals surface area contributed by atoms with Gasteiger partial charge in [-0.2, -0.15) is 0 Å². The van der Waals surface area contributed by atoms with E-state index in [4.69, 9.17) is 7.58 Å². The molecule has 0 saturated carbocycles. The zero-order valence-electron chi connectivity index (χ0n) is 9.09. The molecule has 72 valence electrons. The van der Waals surface area contributed by atoms with Gasteiger partial charge in [-0.1, -0.05) is 0 Å². The van der Waals surface area contributed by atoms with Crippen molar-refractivity contribution in [2.24, 2.45) is 0 Å². The van der Waals surface area contributed by atoms with Crippen molar-refractivity contribution in [1.82, 2.24) is 0 Å². The summed E-state index contributed by atoms with van der Waals surface area (Å²) in [5.41, 5.74) is 0. The summed E-state index contributed by atoms with van der Waals surface area (Å²) in [6, 6.07) is 0. The molecule has 0 unspecified atom stereocenters. The molecule has 12 heavy (non-hydrogen) atoms. The van der Waals surface area contributed by atoms with Crippen LogP contribution in [0.1, 0.15) is 27.7 Å². The monoisotopic (exact) mass is 206 g/mol. The molecule has 0 aromatic rings. The largest absolute Gasteiger partial charge is 0.650 e. The minimum absolute atomic E-state index is 0.329. The maximum absolute atomic E-state index is 5.27. The Hall–Kier alpha value is 0.945. The highest BCUT2D eigenvalue weighted by molar-refractivity contribution is 6.18. The first-order valence-electron chi connectivity index (χ1n) is 4.17. The summed E-state index contributed by atoms with van der Waals surface area (Å²) in [5, 5.41) is 0. The predicted octanol–water partition coefficient (Wildman–Crippen LogP) is 0.284. The minimum atomic E-state index is -0.684. The first-order valence-corrected chi connectivity index (χ1v) is 6.15. The maximum Gasteiger partial charge on any atom is 0.650 e. The zero-order chi connectivity index (χ0) is 9.98. The molecule has 0 saturated heterocycles. The highest BCUT2D eigenvalue weighted by Crippen LogP contribution is 1.89. The molecule has 0 rings (SSSR count). The van der Waals surface area contributed by atoms with E-state index in [0.29, 0.717) is 12.2 Å². The van der Waals surface area contributed by atoms with Crippen molar-refractivity contribution in [2.45, 2.75) is 39.9 Å². The van der Waals surface area contributed by atoms with Crippen molar-refractivity contribution >= 4 is 32.5 Å². The van der Waals surface area contributed by atoms with Crippen LogP contribution in [0.4, 0.5) is 0 Å². The Labute approximate surface area is 90.9 Å². The molecule has 0 bridgehead atoms. The smallest absolute Gasteiger partial charge is 0.508 e. The molecule has 0 aliphatic carbocycles. The number of hydrogen-bond donors (Lipinski definition) is 0. The molecule has 0 aromatic carbocycles. The van der Waals surface area contributed by atoms with Crippen LogP contribution >= 0.6 is 0 Å². The lowest BCUT2D eigenvalue weighted by Crippen LogP contribution is -2.14. The van der Waals surface area contributed by atoms with Crippen LogP contribution in [-0.4, -0.2) is 51.8 Å². The summed E-state index contributed by atoms with van der Waals surface area (Å²) in [4.78, 5) is 0. The first-order chi connectivity index (χ1) is 5.54. The average Bonchev–Trinajstić information content (AvgIpc) is 1.87. The molecule has 5 heteroatoms. The SMILES string of the molecule is CC(C)[O][AlH][O]C(C)C.C[O][AlH2]. The van der Waals surface area contributed by atoms with Gasteiger partial charge < -0.3 is 11.4 Å². The second-order valence-corrected chi connectivity index (χ2v) is 4.68. The van der Waals surface area contributed by atoms with E-state index in [1.807, 2.05) is 27.7 Å². The van der Waals surface area contributed by atoms with Crippen LogP contribution in [0.3, 0.4) is 0 Å².